The highest BCUT2D eigenvalue weighted by Gasteiger charge is 2.43. The number of nitrogens with zero attached hydrogens (tertiary/aromatic N) is 5. The van der Waals surface area contributed by atoms with Crippen LogP contribution < -0.4 is 15.6 Å². The number of aliphatic hydroxyl groups excluding tert-OH is 1. The number of ether oxygens (including phenoxy) is 1. The average Bonchev–Trinajstić information content (AvgIpc) is 3.61. The van der Waals surface area contributed by atoms with Crippen molar-refractivity contribution < 1.29 is 29.6 Å². The molecule has 0 aliphatic carbocycles. The fraction of sp³-hybridized carbons (Fsp3) is 0.395. The maximum Gasteiger partial charge on any atom is 0.408 e. The molecule has 3 fully saturated rings. The summed E-state index contributed by atoms with van der Waals surface area (Å²) >= 11 is 0. The van der Waals surface area contributed by atoms with Gasteiger partial charge in [0, 0.05) is 44.7 Å². The molecule has 5 aromatic rings. The lowest BCUT2D eigenvalue weighted by atomic mass is 9.81. The number of carbonyl (C=O) groups excluding carboxylic acids is 1. The van der Waals surface area contributed by atoms with Crippen LogP contribution in [0, 0.1) is 5.92 Å². The molecule has 8 rings (SSSR count). The molecular weight excluding hydrogens is 727 g/mol. The number of benzene rings is 3. The van der Waals surface area contributed by atoms with E-state index in [0.29, 0.717) is 60.1 Å². The van der Waals surface area contributed by atoms with Gasteiger partial charge in [0.25, 0.3) is 5.91 Å². The van der Waals surface area contributed by atoms with E-state index in [-0.39, 0.29) is 41.9 Å². The molecule has 0 unspecified atom stereocenters. The number of aliphatic hydroxyl groups is 1. The summed E-state index contributed by atoms with van der Waals surface area (Å²) in [7, 11) is 1.77. The van der Waals surface area contributed by atoms with Crippen molar-refractivity contribution in [2.75, 3.05) is 45.8 Å². The van der Waals surface area contributed by atoms with Crippen LogP contribution in [-0.4, -0.2) is 109 Å². The van der Waals surface area contributed by atoms with Crippen molar-refractivity contribution in [2.24, 2.45) is 13.0 Å². The van der Waals surface area contributed by atoms with Crippen molar-refractivity contribution >= 4 is 22.9 Å². The third kappa shape index (κ3) is 8.83. The molecule has 3 aliphatic heterocycles. The predicted molar refractivity (Wildman–Crippen MR) is 215 cm³/mol. The Balaban J connectivity index is 0.962. The van der Waals surface area contributed by atoms with Gasteiger partial charge in [-0.15, -0.1) is 0 Å². The second-order valence-corrected chi connectivity index (χ2v) is 15.0. The van der Waals surface area contributed by atoms with Crippen LogP contribution in [0.2, 0.25) is 0 Å². The van der Waals surface area contributed by atoms with Crippen LogP contribution in [0.15, 0.2) is 89.7 Å². The second-order valence-electron chi connectivity index (χ2n) is 15.0. The van der Waals surface area contributed by atoms with Crippen molar-refractivity contribution in [3.05, 3.63) is 123 Å². The molecule has 2 amide bonds. The van der Waals surface area contributed by atoms with Crippen LogP contribution >= 0.6 is 0 Å². The van der Waals surface area contributed by atoms with E-state index in [1.165, 1.54) is 12.1 Å². The number of nitrogens with one attached hydrogen (secondary N) is 2. The molecule has 14 heteroatoms. The van der Waals surface area contributed by atoms with Gasteiger partial charge in [-0.1, -0.05) is 48.5 Å². The molecule has 3 aliphatic rings. The maximum absolute atomic E-state index is 13.5. The highest BCUT2D eigenvalue weighted by molar-refractivity contribution is 5.92. The van der Waals surface area contributed by atoms with E-state index in [9.17, 15) is 29.7 Å². The second kappa shape index (κ2) is 17.6. The van der Waals surface area contributed by atoms with E-state index in [4.69, 9.17) is 4.74 Å². The van der Waals surface area contributed by atoms with Crippen molar-refractivity contribution in [1.29, 1.82) is 0 Å². The number of carbonyl (C=O) groups is 2. The number of aromatic amines is 1. The summed E-state index contributed by atoms with van der Waals surface area (Å²) in [5, 5.41) is 40.0. The van der Waals surface area contributed by atoms with Gasteiger partial charge in [-0.05, 0) is 98.8 Å². The van der Waals surface area contributed by atoms with Crippen molar-refractivity contribution in [3.63, 3.8) is 0 Å². The maximum atomic E-state index is 13.5. The molecule has 0 radical (unpaired) electrons. The van der Waals surface area contributed by atoms with Crippen molar-refractivity contribution in [3.8, 4) is 11.5 Å². The van der Waals surface area contributed by atoms with E-state index in [0.717, 1.165) is 43.6 Å². The molecule has 0 saturated carbocycles. The number of fused-ring (bicyclic) bond motifs is 4. The first-order valence-electron chi connectivity index (χ1n) is 19.7. The molecule has 2 bridgehead atoms. The molecular formula is C43H51N7O7. The lowest BCUT2D eigenvalue weighted by Crippen LogP contribution is -2.59. The van der Waals surface area contributed by atoms with Crippen molar-refractivity contribution in [1.82, 2.24) is 34.8 Å². The Labute approximate surface area is 331 Å². The number of H-pyrrole nitrogens is 1. The predicted octanol–water partition coefficient (Wildman–Crippen LogP) is 4.89. The number of amides is 2. The number of aromatic nitrogens is 3. The van der Waals surface area contributed by atoms with Gasteiger partial charge in [0.05, 0.1) is 29.4 Å². The Kier molecular flexibility index (Phi) is 12.2. The Morgan fingerprint density at radius 2 is 1.79 bits per heavy atom. The third-order valence-corrected chi connectivity index (χ3v) is 11.4. The summed E-state index contributed by atoms with van der Waals surface area (Å²) in [5.41, 5.74) is 3.28. The van der Waals surface area contributed by atoms with Crippen LogP contribution in [0.1, 0.15) is 71.2 Å². The minimum atomic E-state index is -0.933. The molecule has 0 spiro atoms. The van der Waals surface area contributed by atoms with E-state index in [1.54, 1.807) is 39.7 Å². The molecule has 5 heterocycles. The van der Waals surface area contributed by atoms with Crippen LogP contribution in [0.25, 0.3) is 10.9 Å². The molecule has 2 aromatic heterocycles. The molecule has 57 heavy (non-hydrogen) atoms. The highest BCUT2D eigenvalue weighted by Crippen LogP contribution is 2.39. The SMILES string of the molecule is CCN(CCCNC[C@H](O)c1ccc(O)c2[nH]c(=O)ccc12)C(=O)c1cc(COc2cccc([C@H](c3ccccc3)N(C(=O)O)[C@H]3CN4CCC3CC4)c2)n(C)n1. The fourth-order valence-electron chi connectivity index (χ4n) is 8.38. The van der Waals surface area contributed by atoms with Crippen LogP contribution in [0.4, 0.5) is 4.79 Å². The first kappa shape index (κ1) is 39.5. The van der Waals surface area contributed by atoms with Gasteiger partial charge in [-0.3, -0.25) is 19.2 Å². The Hall–Kier alpha value is -5.70. The number of rotatable bonds is 16. The number of pyridine rings is 1. The Morgan fingerprint density at radius 3 is 2.51 bits per heavy atom. The quantitative estimate of drug-likeness (QED) is 0.0868. The zero-order valence-electron chi connectivity index (χ0n) is 32.4. The Bertz CT molecular complexity index is 2230. The molecule has 14 nitrogen and oxygen atoms in total. The average molecular weight is 778 g/mol. The number of phenolic OH excluding ortho intramolecular Hbond substituents is 1. The van der Waals surface area contributed by atoms with E-state index in [1.807, 2.05) is 61.5 Å². The van der Waals surface area contributed by atoms with Crippen LogP contribution in [0.5, 0.6) is 11.5 Å². The van der Waals surface area contributed by atoms with E-state index < -0.39 is 18.2 Å². The monoisotopic (exact) mass is 777 g/mol. The summed E-state index contributed by atoms with van der Waals surface area (Å²) in [6.07, 6.45) is 0.827. The largest absolute Gasteiger partial charge is 0.506 e. The molecule has 3 aromatic carbocycles. The minimum absolute atomic E-state index is 0.0634. The number of hydrogen-bond acceptors (Lipinski definition) is 9. The number of aryl methyl sites for hydroxylation is 1. The first-order chi connectivity index (χ1) is 27.6. The van der Waals surface area contributed by atoms with Crippen LogP contribution in [0.3, 0.4) is 0 Å². The number of piperidine rings is 3. The molecule has 3 saturated heterocycles. The zero-order valence-corrected chi connectivity index (χ0v) is 32.4. The standard InChI is InChI=1S/C43H51N7O7/c1-3-49(20-8-19-44-25-38(52)33-13-15-37(51)40-34(33)14-16-39(53)45-40)42(54)35-24-31(47(2)46-35)27-57-32-12-7-11-30(23-32)41(29-9-5-4-6-10-29)50(43(55)56)36-26-48-21-17-28(36)18-22-48/h4-7,9-16,23-24,28,36,38,41,44,51-52H,3,8,17-22,25-27H2,1-2H3,(H,45,53)(H,55,56)/t36-,38-,41-/m0/s1. The van der Waals surface area contributed by atoms with Crippen LogP contribution in [-0.2, 0) is 13.7 Å². The van der Waals surface area contributed by atoms with Gasteiger partial charge in [0.1, 0.15) is 18.1 Å². The first-order valence-corrected chi connectivity index (χ1v) is 19.7. The molecule has 3 atom stereocenters. The third-order valence-electron chi connectivity index (χ3n) is 11.4. The number of phenols is 1. The number of aromatic hydroxyl groups is 1. The van der Waals surface area contributed by atoms with Gasteiger partial charge >= 0.3 is 6.09 Å². The van der Waals surface area contributed by atoms with Crippen molar-refractivity contribution in [2.45, 2.75) is 51.0 Å². The number of hydrogen-bond donors (Lipinski definition) is 5. The fourth-order valence-corrected chi connectivity index (χ4v) is 8.38. The Morgan fingerprint density at radius 1 is 1.02 bits per heavy atom. The normalized spacial score (nSPS) is 18.6. The van der Waals surface area contributed by atoms with Gasteiger partial charge in [0.2, 0.25) is 5.56 Å². The lowest BCUT2D eigenvalue weighted by molar-refractivity contribution is -0.000815. The van der Waals surface area contributed by atoms with Gasteiger partial charge < -0.3 is 40.2 Å². The number of carboxylic acid groups (broad SMARTS) is 1. The topological polar surface area (TPSA) is 176 Å². The summed E-state index contributed by atoms with van der Waals surface area (Å²) in [5.74, 6) is 0.653. The highest BCUT2D eigenvalue weighted by atomic mass is 16.5. The van der Waals surface area contributed by atoms with E-state index in [2.05, 4.69) is 20.3 Å². The summed E-state index contributed by atoms with van der Waals surface area (Å²) in [6.45, 7) is 6.60. The summed E-state index contributed by atoms with van der Waals surface area (Å²) in [4.78, 5) is 46.7. The molecule has 5 N–H and O–H groups in total. The zero-order chi connectivity index (χ0) is 40.1. The molecule has 300 valence electrons. The minimum Gasteiger partial charge on any atom is -0.506 e. The smallest absolute Gasteiger partial charge is 0.408 e. The summed E-state index contributed by atoms with van der Waals surface area (Å²) in [6, 6.07) is 24.6. The summed E-state index contributed by atoms with van der Waals surface area (Å²) < 4.78 is 7.92. The lowest BCUT2D eigenvalue weighted by Gasteiger charge is -2.50. The van der Waals surface area contributed by atoms with Gasteiger partial charge in [0.15, 0.2) is 5.69 Å². The van der Waals surface area contributed by atoms with Gasteiger partial charge in [-0.2, -0.15) is 5.10 Å². The van der Waals surface area contributed by atoms with E-state index >= 15 is 0 Å². The van der Waals surface area contributed by atoms with Gasteiger partial charge in [-0.25, -0.2) is 4.79 Å².